The predicted octanol–water partition coefficient (Wildman–Crippen LogP) is 5.94. The van der Waals surface area contributed by atoms with E-state index < -0.39 is 0 Å². The first-order valence-corrected chi connectivity index (χ1v) is 8.21. The lowest BCUT2D eigenvalue weighted by molar-refractivity contribution is 0.319. The number of halogens is 1. The van der Waals surface area contributed by atoms with E-state index in [9.17, 15) is 4.39 Å². The Labute approximate surface area is 140 Å². The first-order valence-electron chi connectivity index (χ1n) is 7.39. The maximum Gasteiger partial charge on any atom is 0.132 e. The minimum atomic E-state index is -0.270. The van der Waals surface area contributed by atoms with Crippen LogP contribution in [-0.4, -0.2) is 6.61 Å². The summed E-state index contributed by atoms with van der Waals surface area (Å²) in [6.45, 7) is 7.94. The Kier molecular flexibility index (Phi) is 4.68. The lowest BCUT2D eigenvalue weighted by atomic mass is 9.98. The Morgan fingerprint density at radius 2 is 1.78 bits per heavy atom. The molecule has 2 aromatic carbocycles. The van der Waals surface area contributed by atoms with Crippen LogP contribution in [0.1, 0.15) is 17.5 Å². The number of benzene rings is 2. The molecule has 0 fully saturated rings. The number of fused-ring (bicyclic) bond motifs is 2. The van der Waals surface area contributed by atoms with Crippen molar-refractivity contribution in [1.82, 2.24) is 0 Å². The van der Waals surface area contributed by atoms with Crippen LogP contribution in [0.15, 0.2) is 77.6 Å². The summed E-state index contributed by atoms with van der Waals surface area (Å²) >= 11 is 1.63. The molecule has 3 rings (SSSR count). The van der Waals surface area contributed by atoms with E-state index in [-0.39, 0.29) is 5.82 Å². The minimum Gasteiger partial charge on any atom is -0.489 e. The molecule has 1 aliphatic rings. The Morgan fingerprint density at radius 1 is 1.00 bits per heavy atom. The maximum absolute atomic E-state index is 13.8. The molecule has 0 aliphatic carbocycles. The van der Waals surface area contributed by atoms with Gasteiger partial charge in [-0.2, -0.15) is 0 Å². The molecular formula is C20H17FOS. The monoisotopic (exact) mass is 324 g/mol. The summed E-state index contributed by atoms with van der Waals surface area (Å²) in [6.07, 6.45) is 4.19. The van der Waals surface area contributed by atoms with Crippen molar-refractivity contribution in [1.29, 1.82) is 0 Å². The number of ether oxygens (including phenoxy) is 1. The number of rotatable bonds is 5. The van der Waals surface area contributed by atoms with E-state index in [0.29, 0.717) is 18.8 Å². The lowest BCUT2D eigenvalue weighted by Crippen LogP contribution is -1.98. The Hall–Kier alpha value is -2.26. The molecule has 0 spiro atoms. The summed E-state index contributed by atoms with van der Waals surface area (Å²) in [5.74, 6) is 0.435. The summed E-state index contributed by atoms with van der Waals surface area (Å²) in [6, 6.07) is 13.0. The van der Waals surface area contributed by atoms with Crippen molar-refractivity contribution < 1.29 is 9.13 Å². The van der Waals surface area contributed by atoms with Crippen LogP contribution in [-0.2, 0) is 4.74 Å². The SMILES string of the molecule is C=CCOC1=C(CC=C)c2ccccc2Sc2ccc(F)cc21. The molecule has 0 aromatic heterocycles. The lowest BCUT2D eigenvalue weighted by Gasteiger charge is -2.15. The summed E-state index contributed by atoms with van der Waals surface area (Å²) in [7, 11) is 0. The van der Waals surface area contributed by atoms with Crippen molar-refractivity contribution in [2.45, 2.75) is 16.2 Å². The van der Waals surface area contributed by atoms with Gasteiger partial charge < -0.3 is 4.74 Å². The van der Waals surface area contributed by atoms with E-state index in [1.165, 1.54) is 12.1 Å². The second kappa shape index (κ2) is 6.88. The number of allylic oxidation sites excluding steroid dienone is 2. The van der Waals surface area contributed by atoms with Gasteiger partial charge in [0.05, 0.1) is 0 Å². The molecule has 23 heavy (non-hydrogen) atoms. The molecule has 0 radical (unpaired) electrons. The minimum absolute atomic E-state index is 0.270. The van der Waals surface area contributed by atoms with Gasteiger partial charge in [0.25, 0.3) is 0 Å². The summed E-state index contributed by atoms with van der Waals surface area (Å²) in [5.41, 5.74) is 2.91. The molecular weight excluding hydrogens is 307 g/mol. The molecule has 1 heterocycles. The molecule has 0 atom stereocenters. The molecule has 1 aliphatic heterocycles. The molecule has 0 saturated heterocycles. The van der Waals surface area contributed by atoms with Crippen molar-refractivity contribution in [3.05, 3.63) is 84.7 Å². The fourth-order valence-electron chi connectivity index (χ4n) is 2.63. The van der Waals surface area contributed by atoms with Crippen molar-refractivity contribution in [3.63, 3.8) is 0 Å². The molecule has 1 nitrogen and oxygen atoms in total. The van der Waals surface area contributed by atoms with Crippen LogP contribution in [0.4, 0.5) is 4.39 Å². The highest BCUT2D eigenvalue weighted by atomic mass is 32.2. The van der Waals surface area contributed by atoms with Crippen LogP contribution >= 0.6 is 11.8 Å². The molecule has 0 unspecified atom stereocenters. The number of hydrogen-bond acceptors (Lipinski definition) is 2. The fourth-order valence-corrected chi connectivity index (χ4v) is 3.71. The summed E-state index contributed by atoms with van der Waals surface area (Å²) in [4.78, 5) is 2.12. The van der Waals surface area contributed by atoms with Crippen LogP contribution in [0.2, 0.25) is 0 Å². The van der Waals surface area contributed by atoms with Crippen LogP contribution in [0.5, 0.6) is 0 Å². The molecule has 0 N–H and O–H groups in total. The molecule has 116 valence electrons. The highest BCUT2D eigenvalue weighted by Gasteiger charge is 2.23. The Morgan fingerprint density at radius 3 is 2.57 bits per heavy atom. The second-order valence-corrected chi connectivity index (χ2v) is 6.22. The van der Waals surface area contributed by atoms with Crippen molar-refractivity contribution in [3.8, 4) is 0 Å². The van der Waals surface area contributed by atoms with Gasteiger partial charge in [0.2, 0.25) is 0 Å². The molecule has 2 aromatic rings. The zero-order valence-corrected chi connectivity index (χ0v) is 13.5. The quantitative estimate of drug-likeness (QED) is 0.630. The van der Waals surface area contributed by atoms with Gasteiger partial charge in [-0.1, -0.05) is 48.7 Å². The smallest absolute Gasteiger partial charge is 0.132 e. The van der Waals surface area contributed by atoms with Crippen molar-refractivity contribution in [2.24, 2.45) is 0 Å². The average Bonchev–Trinajstić information content (AvgIpc) is 2.68. The first-order chi connectivity index (χ1) is 11.2. The molecule has 0 amide bonds. The largest absolute Gasteiger partial charge is 0.489 e. The van der Waals surface area contributed by atoms with E-state index in [2.05, 4.69) is 25.3 Å². The van der Waals surface area contributed by atoms with Crippen LogP contribution in [0.25, 0.3) is 11.3 Å². The van der Waals surface area contributed by atoms with E-state index >= 15 is 0 Å². The zero-order chi connectivity index (χ0) is 16.2. The highest BCUT2D eigenvalue weighted by molar-refractivity contribution is 7.99. The van der Waals surface area contributed by atoms with Gasteiger partial charge in [0.15, 0.2) is 0 Å². The highest BCUT2D eigenvalue weighted by Crippen LogP contribution is 2.45. The third kappa shape index (κ3) is 3.10. The average molecular weight is 324 g/mol. The number of hydrogen-bond donors (Lipinski definition) is 0. The Bertz CT molecular complexity index is 792. The standard InChI is InChI=1S/C20H17FOS/c1-3-7-16-15-8-5-6-9-18(15)23-19-11-10-14(21)13-17(19)20(16)22-12-4-2/h3-6,8-11,13H,1-2,7,12H2. The van der Waals surface area contributed by atoms with Gasteiger partial charge in [0.1, 0.15) is 18.2 Å². The van der Waals surface area contributed by atoms with E-state index in [1.54, 1.807) is 23.9 Å². The second-order valence-electron chi connectivity index (χ2n) is 5.14. The predicted molar refractivity (Wildman–Crippen MR) is 94.7 cm³/mol. The molecule has 0 bridgehead atoms. The summed E-state index contributed by atoms with van der Waals surface area (Å²) < 4.78 is 19.8. The van der Waals surface area contributed by atoms with E-state index in [4.69, 9.17) is 4.74 Å². The van der Waals surface area contributed by atoms with Gasteiger partial charge >= 0.3 is 0 Å². The third-order valence-electron chi connectivity index (χ3n) is 3.59. The third-order valence-corrected chi connectivity index (χ3v) is 4.74. The normalized spacial score (nSPS) is 12.9. The molecule has 3 heteroatoms. The van der Waals surface area contributed by atoms with Gasteiger partial charge in [-0.05, 0) is 36.2 Å². The van der Waals surface area contributed by atoms with E-state index in [0.717, 1.165) is 26.5 Å². The van der Waals surface area contributed by atoms with Gasteiger partial charge in [-0.15, -0.1) is 6.58 Å². The van der Waals surface area contributed by atoms with E-state index in [1.807, 2.05) is 18.2 Å². The molecule has 0 saturated carbocycles. The topological polar surface area (TPSA) is 9.23 Å². The summed E-state index contributed by atoms with van der Waals surface area (Å²) in [5, 5.41) is 0. The van der Waals surface area contributed by atoms with Crippen LogP contribution in [0, 0.1) is 5.82 Å². The first kappa shape index (κ1) is 15.6. The maximum atomic E-state index is 13.8. The zero-order valence-electron chi connectivity index (χ0n) is 12.7. The fraction of sp³-hybridized carbons (Fsp3) is 0.100. The van der Waals surface area contributed by atoms with Gasteiger partial charge in [-0.3, -0.25) is 0 Å². The van der Waals surface area contributed by atoms with Crippen molar-refractivity contribution >= 4 is 23.1 Å². The van der Waals surface area contributed by atoms with Gasteiger partial charge in [0, 0.05) is 20.9 Å². The van der Waals surface area contributed by atoms with Crippen LogP contribution < -0.4 is 0 Å². The van der Waals surface area contributed by atoms with Gasteiger partial charge in [-0.25, -0.2) is 4.39 Å². The van der Waals surface area contributed by atoms with Crippen molar-refractivity contribution in [2.75, 3.05) is 6.61 Å². The van der Waals surface area contributed by atoms with Crippen LogP contribution in [0.3, 0.4) is 0 Å². The Balaban J connectivity index is 2.29.